The Morgan fingerprint density at radius 3 is 3.00 bits per heavy atom. The predicted molar refractivity (Wildman–Crippen MR) is 103 cm³/mol. The second-order valence-corrected chi connectivity index (χ2v) is 6.74. The van der Waals surface area contributed by atoms with Gasteiger partial charge < -0.3 is 19.4 Å². The lowest BCUT2D eigenvalue weighted by Gasteiger charge is -2.26. The SMILES string of the molecule is COc1ccccc1CN(CC1CCCO1)C(=O)c1cccc2[nH]cnc12. The first-order valence-corrected chi connectivity index (χ1v) is 9.21. The van der Waals surface area contributed by atoms with E-state index in [0.29, 0.717) is 24.2 Å². The minimum Gasteiger partial charge on any atom is -0.496 e. The van der Waals surface area contributed by atoms with Crippen LogP contribution in [0.5, 0.6) is 5.75 Å². The zero-order chi connectivity index (χ0) is 18.6. The van der Waals surface area contributed by atoms with Crippen LogP contribution in [0.25, 0.3) is 11.0 Å². The van der Waals surface area contributed by atoms with Crippen molar-refractivity contribution in [3.63, 3.8) is 0 Å². The summed E-state index contributed by atoms with van der Waals surface area (Å²) in [6.45, 7) is 1.78. The molecule has 3 aromatic rings. The summed E-state index contributed by atoms with van der Waals surface area (Å²) in [5, 5.41) is 0. The van der Waals surface area contributed by atoms with Crippen molar-refractivity contribution in [2.45, 2.75) is 25.5 Å². The number of H-pyrrole nitrogens is 1. The van der Waals surface area contributed by atoms with Crippen LogP contribution in [-0.4, -0.2) is 47.1 Å². The molecule has 1 aliphatic heterocycles. The van der Waals surface area contributed by atoms with Gasteiger partial charge in [0.2, 0.25) is 0 Å². The third-order valence-electron chi connectivity index (χ3n) is 4.97. The van der Waals surface area contributed by atoms with Gasteiger partial charge in [0.1, 0.15) is 11.3 Å². The molecule has 0 bridgehead atoms. The largest absolute Gasteiger partial charge is 0.496 e. The van der Waals surface area contributed by atoms with Crippen molar-refractivity contribution >= 4 is 16.9 Å². The molecule has 0 aliphatic carbocycles. The first kappa shape index (κ1) is 17.5. The van der Waals surface area contributed by atoms with Gasteiger partial charge in [0, 0.05) is 25.3 Å². The van der Waals surface area contributed by atoms with Crippen LogP contribution in [0.3, 0.4) is 0 Å². The number of rotatable bonds is 6. The fourth-order valence-electron chi connectivity index (χ4n) is 3.60. The van der Waals surface area contributed by atoms with E-state index in [1.54, 1.807) is 13.4 Å². The maximum absolute atomic E-state index is 13.4. The number of ether oxygens (including phenoxy) is 2. The Morgan fingerprint density at radius 1 is 1.30 bits per heavy atom. The van der Waals surface area contributed by atoms with Gasteiger partial charge in [-0.1, -0.05) is 24.3 Å². The molecule has 2 aromatic carbocycles. The molecule has 140 valence electrons. The van der Waals surface area contributed by atoms with Crippen molar-refractivity contribution in [1.29, 1.82) is 0 Å². The third-order valence-corrected chi connectivity index (χ3v) is 4.97. The summed E-state index contributed by atoms with van der Waals surface area (Å²) >= 11 is 0. The Bertz CT molecular complexity index is 931. The smallest absolute Gasteiger partial charge is 0.256 e. The van der Waals surface area contributed by atoms with Gasteiger partial charge in [-0.3, -0.25) is 4.79 Å². The normalized spacial score (nSPS) is 16.6. The highest BCUT2D eigenvalue weighted by Gasteiger charge is 2.26. The zero-order valence-electron chi connectivity index (χ0n) is 15.4. The van der Waals surface area contributed by atoms with Crippen LogP contribution in [-0.2, 0) is 11.3 Å². The molecule has 1 fully saturated rings. The molecule has 1 amide bonds. The van der Waals surface area contributed by atoms with E-state index in [9.17, 15) is 4.79 Å². The molecule has 0 spiro atoms. The van der Waals surface area contributed by atoms with Crippen LogP contribution in [0.4, 0.5) is 0 Å². The average Bonchev–Trinajstić information content (AvgIpc) is 3.38. The van der Waals surface area contributed by atoms with Crippen molar-refractivity contribution in [3.05, 3.63) is 59.9 Å². The topological polar surface area (TPSA) is 67.5 Å². The highest BCUT2D eigenvalue weighted by atomic mass is 16.5. The van der Waals surface area contributed by atoms with E-state index in [1.807, 2.05) is 47.4 Å². The summed E-state index contributed by atoms with van der Waals surface area (Å²) < 4.78 is 11.3. The molecule has 6 nitrogen and oxygen atoms in total. The quantitative estimate of drug-likeness (QED) is 0.727. The first-order chi connectivity index (χ1) is 13.3. The number of aromatic amines is 1. The molecule has 6 heteroatoms. The van der Waals surface area contributed by atoms with Gasteiger partial charge in [-0.2, -0.15) is 0 Å². The minimum absolute atomic E-state index is 0.0471. The fourth-order valence-corrected chi connectivity index (χ4v) is 3.60. The Kier molecular flexibility index (Phi) is 5.07. The molecule has 1 unspecified atom stereocenters. The molecule has 1 aliphatic rings. The number of hydrogen-bond acceptors (Lipinski definition) is 4. The van der Waals surface area contributed by atoms with E-state index < -0.39 is 0 Å². The molecular weight excluding hydrogens is 342 g/mol. The molecule has 0 radical (unpaired) electrons. The molecule has 0 saturated carbocycles. The number of carbonyl (C=O) groups excluding carboxylic acids is 1. The number of aromatic nitrogens is 2. The van der Waals surface area contributed by atoms with Gasteiger partial charge >= 0.3 is 0 Å². The van der Waals surface area contributed by atoms with E-state index in [0.717, 1.165) is 36.3 Å². The fraction of sp³-hybridized carbons (Fsp3) is 0.333. The summed E-state index contributed by atoms with van der Waals surface area (Å²) in [5.41, 5.74) is 3.12. The Balaban J connectivity index is 1.66. The lowest BCUT2D eigenvalue weighted by atomic mass is 10.1. The summed E-state index contributed by atoms with van der Waals surface area (Å²) in [5.74, 6) is 0.731. The van der Waals surface area contributed by atoms with Gasteiger partial charge in [-0.05, 0) is 31.0 Å². The van der Waals surface area contributed by atoms with Gasteiger partial charge in [-0.25, -0.2) is 4.98 Å². The number of benzene rings is 2. The number of methoxy groups -OCH3 is 1. The van der Waals surface area contributed by atoms with Crippen molar-refractivity contribution < 1.29 is 14.3 Å². The number of carbonyl (C=O) groups is 1. The average molecular weight is 365 g/mol. The maximum atomic E-state index is 13.4. The number of amides is 1. The molecule has 1 N–H and O–H groups in total. The zero-order valence-corrected chi connectivity index (χ0v) is 15.4. The second kappa shape index (κ2) is 7.80. The molecule has 1 atom stereocenters. The van der Waals surface area contributed by atoms with Crippen molar-refractivity contribution in [2.75, 3.05) is 20.3 Å². The van der Waals surface area contributed by atoms with Crippen LogP contribution in [0, 0.1) is 0 Å². The van der Waals surface area contributed by atoms with Crippen LogP contribution >= 0.6 is 0 Å². The lowest BCUT2D eigenvalue weighted by Crippen LogP contribution is -2.37. The number of hydrogen-bond donors (Lipinski definition) is 1. The predicted octanol–water partition coefficient (Wildman–Crippen LogP) is 3.39. The minimum atomic E-state index is -0.0471. The monoisotopic (exact) mass is 365 g/mol. The van der Waals surface area contributed by atoms with Gasteiger partial charge in [0.15, 0.2) is 0 Å². The number of para-hydroxylation sites is 2. The highest BCUT2D eigenvalue weighted by Crippen LogP contribution is 2.24. The standard InChI is InChI=1S/C21H23N3O3/c1-26-19-10-3-2-6-15(19)12-24(13-16-7-5-11-27-16)21(25)17-8-4-9-18-20(17)23-14-22-18/h2-4,6,8-10,14,16H,5,7,11-13H2,1H3,(H,22,23). The van der Waals surface area contributed by atoms with Crippen molar-refractivity contribution in [3.8, 4) is 5.75 Å². The number of imidazole rings is 1. The third kappa shape index (κ3) is 3.66. The second-order valence-electron chi connectivity index (χ2n) is 6.74. The van der Waals surface area contributed by atoms with Gasteiger partial charge in [0.05, 0.1) is 30.6 Å². The van der Waals surface area contributed by atoms with Crippen molar-refractivity contribution in [1.82, 2.24) is 14.9 Å². The molecule has 1 saturated heterocycles. The number of nitrogens with zero attached hydrogens (tertiary/aromatic N) is 2. The summed E-state index contributed by atoms with van der Waals surface area (Å²) in [6, 6.07) is 13.4. The highest BCUT2D eigenvalue weighted by molar-refractivity contribution is 6.04. The summed E-state index contributed by atoms with van der Waals surface area (Å²) in [6.07, 6.45) is 3.70. The Labute approximate surface area is 158 Å². The molecule has 1 aromatic heterocycles. The van der Waals surface area contributed by atoms with E-state index in [-0.39, 0.29) is 12.0 Å². The van der Waals surface area contributed by atoms with Crippen LogP contribution in [0.2, 0.25) is 0 Å². The summed E-state index contributed by atoms with van der Waals surface area (Å²) in [7, 11) is 1.65. The molecule has 4 rings (SSSR count). The van der Waals surface area contributed by atoms with Crippen LogP contribution in [0.1, 0.15) is 28.8 Å². The lowest BCUT2D eigenvalue weighted by molar-refractivity contribution is 0.0507. The molecule has 27 heavy (non-hydrogen) atoms. The van der Waals surface area contributed by atoms with Gasteiger partial charge in [0.25, 0.3) is 5.91 Å². The van der Waals surface area contributed by atoms with E-state index in [2.05, 4.69) is 9.97 Å². The van der Waals surface area contributed by atoms with Crippen molar-refractivity contribution in [2.24, 2.45) is 0 Å². The number of nitrogens with one attached hydrogen (secondary N) is 1. The van der Waals surface area contributed by atoms with E-state index >= 15 is 0 Å². The van der Waals surface area contributed by atoms with E-state index in [4.69, 9.17) is 9.47 Å². The Hall–Kier alpha value is -2.86. The molecular formula is C21H23N3O3. The van der Waals surface area contributed by atoms with Crippen LogP contribution in [0.15, 0.2) is 48.8 Å². The van der Waals surface area contributed by atoms with Gasteiger partial charge in [-0.15, -0.1) is 0 Å². The number of fused-ring (bicyclic) bond motifs is 1. The van der Waals surface area contributed by atoms with Crippen LogP contribution < -0.4 is 4.74 Å². The molecule has 2 heterocycles. The summed E-state index contributed by atoms with van der Waals surface area (Å²) in [4.78, 5) is 22.7. The Morgan fingerprint density at radius 2 is 2.19 bits per heavy atom. The maximum Gasteiger partial charge on any atom is 0.256 e. The first-order valence-electron chi connectivity index (χ1n) is 9.21. The van der Waals surface area contributed by atoms with E-state index in [1.165, 1.54) is 0 Å².